The number of hydrogen-bond acceptors (Lipinski definition) is 1. The van der Waals surface area contributed by atoms with Crippen LogP contribution in [-0.2, 0) is 6.42 Å². The summed E-state index contributed by atoms with van der Waals surface area (Å²) < 4.78 is 13.3. The molecule has 15 heavy (non-hydrogen) atoms. The van der Waals surface area contributed by atoms with E-state index in [1.54, 1.807) is 6.07 Å². The Labute approximate surface area is 88.3 Å². The number of aromatic nitrogens is 1. The molecule has 0 bridgehead atoms. The van der Waals surface area contributed by atoms with E-state index >= 15 is 0 Å². The number of nitrogens with one attached hydrogen (secondary N) is 1. The van der Waals surface area contributed by atoms with E-state index in [-0.39, 0.29) is 11.9 Å². The largest absolute Gasteiger partial charge is 0.361 e. The lowest BCUT2D eigenvalue weighted by molar-refractivity contribution is 0.617. The van der Waals surface area contributed by atoms with E-state index in [0.717, 1.165) is 22.9 Å². The van der Waals surface area contributed by atoms with Gasteiger partial charge in [-0.15, -0.1) is 0 Å². The Morgan fingerprint density at radius 2 is 2.27 bits per heavy atom. The molecule has 0 radical (unpaired) electrons. The van der Waals surface area contributed by atoms with Crippen molar-refractivity contribution in [3.63, 3.8) is 0 Å². The van der Waals surface area contributed by atoms with Crippen LogP contribution in [0.25, 0.3) is 10.9 Å². The summed E-state index contributed by atoms with van der Waals surface area (Å²) in [7, 11) is 0. The average molecular weight is 206 g/mol. The molecule has 1 aromatic heterocycles. The van der Waals surface area contributed by atoms with Gasteiger partial charge in [0.1, 0.15) is 5.82 Å². The highest BCUT2D eigenvalue weighted by molar-refractivity contribution is 5.82. The molecule has 3 N–H and O–H groups in total. The van der Waals surface area contributed by atoms with Gasteiger partial charge in [0.2, 0.25) is 0 Å². The van der Waals surface area contributed by atoms with E-state index in [1.165, 1.54) is 6.07 Å². The van der Waals surface area contributed by atoms with Gasteiger partial charge in [-0.3, -0.25) is 0 Å². The molecule has 2 aromatic rings. The maximum Gasteiger partial charge on any atom is 0.124 e. The second kappa shape index (κ2) is 4.03. The van der Waals surface area contributed by atoms with E-state index in [9.17, 15) is 4.39 Å². The van der Waals surface area contributed by atoms with Crippen LogP contribution in [0.5, 0.6) is 0 Å². The van der Waals surface area contributed by atoms with Gasteiger partial charge in [-0.05, 0) is 36.6 Å². The Balaban J connectivity index is 2.44. The van der Waals surface area contributed by atoms with Crippen LogP contribution in [0.4, 0.5) is 4.39 Å². The van der Waals surface area contributed by atoms with E-state index in [0.29, 0.717) is 6.42 Å². The molecule has 1 aromatic carbocycles. The molecule has 2 nitrogen and oxygen atoms in total. The minimum atomic E-state index is -0.194. The molecule has 0 spiro atoms. The van der Waals surface area contributed by atoms with Crippen molar-refractivity contribution in [2.45, 2.75) is 25.8 Å². The van der Waals surface area contributed by atoms with Crippen LogP contribution in [-0.4, -0.2) is 11.0 Å². The maximum atomic E-state index is 13.3. The average Bonchev–Trinajstić information content (AvgIpc) is 2.65. The molecule has 1 heterocycles. The van der Waals surface area contributed by atoms with Gasteiger partial charge in [0, 0.05) is 23.1 Å². The first-order valence-electron chi connectivity index (χ1n) is 5.21. The van der Waals surface area contributed by atoms with E-state index < -0.39 is 0 Å². The van der Waals surface area contributed by atoms with E-state index in [1.807, 2.05) is 19.2 Å². The van der Waals surface area contributed by atoms with Crippen LogP contribution in [0.15, 0.2) is 24.4 Å². The molecule has 3 heteroatoms. The molecule has 1 atom stereocenters. The molecule has 0 saturated carbocycles. The summed E-state index contributed by atoms with van der Waals surface area (Å²) in [5.74, 6) is -0.194. The quantitative estimate of drug-likeness (QED) is 0.796. The maximum absolute atomic E-state index is 13.3. The summed E-state index contributed by atoms with van der Waals surface area (Å²) in [5.41, 5.74) is 7.84. The van der Waals surface area contributed by atoms with Gasteiger partial charge >= 0.3 is 0 Å². The number of fused-ring (bicyclic) bond motifs is 1. The zero-order valence-electron chi connectivity index (χ0n) is 8.76. The highest BCUT2D eigenvalue weighted by Gasteiger charge is 2.08. The van der Waals surface area contributed by atoms with Crippen LogP contribution < -0.4 is 5.73 Å². The molecular formula is C12H15FN2. The number of benzene rings is 1. The molecule has 0 aliphatic heterocycles. The molecular weight excluding hydrogens is 191 g/mol. The third kappa shape index (κ3) is 2.02. The summed E-state index contributed by atoms with van der Waals surface area (Å²) in [6.45, 7) is 2.04. The van der Waals surface area contributed by atoms with Crippen LogP contribution in [0.3, 0.4) is 0 Å². The van der Waals surface area contributed by atoms with Crippen molar-refractivity contribution in [3.05, 3.63) is 35.8 Å². The van der Waals surface area contributed by atoms with Crippen molar-refractivity contribution in [2.75, 3.05) is 0 Å². The summed E-state index contributed by atoms with van der Waals surface area (Å²) in [5, 5.41) is 0.910. The molecule has 0 amide bonds. The monoisotopic (exact) mass is 206 g/mol. The highest BCUT2D eigenvalue weighted by Crippen LogP contribution is 2.20. The summed E-state index contributed by atoms with van der Waals surface area (Å²) in [6.07, 6.45) is 3.44. The van der Waals surface area contributed by atoms with Crippen molar-refractivity contribution in [3.8, 4) is 0 Å². The minimum absolute atomic E-state index is 0.0956. The molecule has 2 rings (SSSR count). The second-order valence-corrected chi connectivity index (χ2v) is 3.88. The second-order valence-electron chi connectivity index (χ2n) is 3.88. The molecule has 0 fully saturated rings. The van der Waals surface area contributed by atoms with Gasteiger partial charge < -0.3 is 10.7 Å². The Morgan fingerprint density at radius 1 is 1.47 bits per heavy atom. The fourth-order valence-electron chi connectivity index (χ4n) is 1.80. The third-order valence-electron chi connectivity index (χ3n) is 2.71. The lowest BCUT2D eigenvalue weighted by atomic mass is 10.0. The Hall–Kier alpha value is -1.35. The number of H-pyrrole nitrogens is 1. The normalized spacial score (nSPS) is 13.3. The number of halogens is 1. The lowest BCUT2D eigenvalue weighted by Crippen LogP contribution is -2.21. The summed E-state index contributed by atoms with van der Waals surface area (Å²) in [6, 6.07) is 5.07. The van der Waals surface area contributed by atoms with Gasteiger partial charge in [-0.2, -0.15) is 0 Å². The first kappa shape index (κ1) is 10.2. The predicted octanol–water partition coefficient (Wildman–Crippen LogP) is 2.59. The molecule has 0 aliphatic carbocycles. The zero-order chi connectivity index (χ0) is 10.8. The summed E-state index contributed by atoms with van der Waals surface area (Å²) in [4.78, 5) is 3.12. The van der Waals surface area contributed by atoms with Crippen molar-refractivity contribution < 1.29 is 4.39 Å². The summed E-state index contributed by atoms with van der Waals surface area (Å²) >= 11 is 0. The van der Waals surface area contributed by atoms with Gasteiger partial charge in [-0.25, -0.2) is 4.39 Å². The van der Waals surface area contributed by atoms with Crippen molar-refractivity contribution in [1.29, 1.82) is 0 Å². The van der Waals surface area contributed by atoms with Crippen LogP contribution in [0.1, 0.15) is 18.9 Å². The fourth-order valence-corrected chi connectivity index (χ4v) is 1.80. The standard InChI is InChI=1S/C12H15FN2/c1-2-11(14)7-9-6-10(13)5-8-3-4-15-12(8)9/h3-6,11,15H,2,7,14H2,1H3. The zero-order valence-corrected chi connectivity index (χ0v) is 8.76. The fraction of sp³-hybridized carbons (Fsp3) is 0.333. The smallest absolute Gasteiger partial charge is 0.124 e. The number of aromatic amines is 1. The molecule has 0 aliphatic rings. The van der Waals surface area contributed by atoms with Crippen LogP contribution in [0.2, 0.25) is 0 Å². The van der Waals surface area contributed by atoms with Crippen LogP contribution in [0, 0.1) is 5.82 Å². The molecule has 1 unspecified atom stereocenters. The first-order chi connectivity index (χ1) is 7.20. The van der Waals surface area contributed by atoms with Gasteiger partial charge in [-0.1, -0.05) is 6.92 Å². The highest BCUT2D eigenvalue weighted by atomic mass is 19.1. The number of rotatable bonds is 3. The Morgan fingerprint density at radius 3 is 3.00 bits per heavy atom. The van der Waals surface area contributed by atoms with E-state index in [4.69, 9.17) is 5.73 Å². The third-order valence-corrected chi connectivity index (χ3v) is 2.71. The Bertz CT molecular complexity index is 462. The Kier molecular flexibility index (Phi) is 2.73. The van der Waals surface area contributed by atoms with Crippen molar-refractivity contribution >= 4 is 10.9 Å². The topological polar surface area (TPSA) is 41.8 Å². The van der Waals surface area contributed by atoms with Gasteiger partial charge in [0.05, 0.1) is 0 Å². The van der Waals surface area contributed by atoms with Crippen molar-refractivity contribution in [2.24, 2.45) is 5.73 Å². The van der Waals surface area contributed by atoms with Crippen LogP contribution >= 0.6 is 0 Å². The SMILES string of the molecule is CCC(N)Cc1cc(F)cc2cc[nH]c12. The minimum Gasteiger partial charge on any atom is -0.361 e. The lowest BCUT2D eigenvalue weighted by Gasteiger charge is -2.09. The van der Waals surface area contributed by atoms with E-state index in [2.05, 4.69) is 4.98 Å². The first-order valence-corrected chi connectivity index (χ1v) is 5.21. The van der Waals surface area contributed by atoms with Gasteiger partial charge in [0.15, 0.2) is 0 Å². The van der Waals surface area contributed by atoms with Crippen molar-refractivity contribution in [1.82, 2.24) is 4.98 Å². The predicted molar refractivity (Wildman–Crippen MR) is 60.2 cm³/mol. The number of nitrogens with two attached hydrogens (primary N) is 1. The van der Waals surface area contributed by atoms with Gasteiger partial charge in [0.25, 0.3) is 0 Å². The number of hydrogen-bond donors (Lipinski definition) is 2. The molecule has 80 valence electrons. The molecule has 0 saturated heterocycles.